The highest BCUT2D eigenvalue weighted by atomic mass is 32.2. The third kappa shape index (κ3) is 3.08. The number of anilines is 1. The summed E-state index contributed by atoms with van der Waals surface area (Å²) < 4.78 is 49.9. The normalized spacial score (nSPS) is 19.1. The second kappa shape index (κ2) is 6.89. The molecule has 1 fully saturated rings. The Kier molecular flexibility index (Phi) is 4.49. The van der Waals surface area contributed by atoms with E-state index in [4.69, 9.17) is 14.5 Å². The summed E-state index contributed by atoms with van der Waals surface area (Å²) in [4.78, 5) is 14.5. The number of nitrogens with zero attached hydrogens (tertiary/aromatic N) is 3. The zero-order chi connectivity index (χ0) is 22.0. The van der Waals surface area contributed by atoms with Crippen molar-refractivity contribution in [1.82, 2.24) is 15.0 Å². The molecule has 0 aliphatic carbocycles. The van der Waals surface area contributed by atoms with E-state index < -0.39 is 14.6 Å². The smallest absolute Gasteiger partial charge is 0.185 e. The number of H-pyrrole nitrogens is 1. The fraction of sp³-hybridized carbons (Fsp3) is 0.429. The second-order valence-corrected chi connectivity index (χ2v) is 11.0. The van der Waals surface area contributed by atoms with Crippen molar-refractivity contribution in [2.24, 2.45) is 0 Å². The maximum absolute atomic E-state index is 14.2. The summed E-state index contributed by atoms with van der Waals surface area (Å²) >= 11 is 0. The van der Waals surface area contributed by atoms with Crippen LogP contribution in [0, 0.1) is 5.82 Å². The van der Waals surface area contributed by atoms with Crippen molar-refractivity contribution in [3.63, 3.8) is 0 Å². The van der Waals surface area contributed by atoms with E-state index in [1.807, 2.05) is 0 Å². The molecule has 1 aromatic carbocycles. The summed E-state index contributed by atoms with van der Waals surface area (Å²) in [5.41, 5.74) is 1.26. The minimum atomic E-state index is -3.54. The van der Waals surface area contributed by atoms with Crippen LogP contribution in [0.4, 0.5) is 10.2 Å². The average molecular weight is 447 g/mol. The monoisotopic (exact) mass is 446 g/mol. The molecule has 2 aliphatic rings. The summed E-state index contributed by atoms with van der Waals surface area (Å²) in [5, 5.41) is 0.623. The van der Waals surface area contributed by atoms with Crippen LogP contribution in [0.2, 0.25) is 0 Å². The minimum absolute atomic E-state index is 0.0151. The number of halogens is 1. The van der Waals surface area contributed by atoms with Gasteiger partial charge in [-0.05, 0) is 32.0 Å². The van der Waals surface area contributed by atoms with Crippen LogP contribution >= 0.6 is 0 Å². The van der Waals surface area contributed by atoms with Gasteiger partial charge in [-0.25, -0.2) is 22.8 Å². The number of rotatable bonds is 3. The summed E-state index contributed by atoms with van der Waals surface area (Å²) in [6.45, 7) is 5.24. The highest BCUT2D eigenvalue weighted by Gasteiger charge is 2.42. The van der Waals surface area contributed by atoms with Gasteiger partial charge in [0.15, 0.2) is 27.2 Å². The van der Waals surface area contributed by atoms with Gasteiger partial charge in [0.2, 0.25) is 0 Å². The van der Waals surface area contributed by atoms with E-state index in [1.165, 1.54) is 12.3 Å². The van der Waals surface area contributed by atoms with Gasteiger partial charge in [0.25, 0.3) is 0 Å². The first-order valence-corrected chi connectivity index (χ1v) is 11.9. The van der Waals surface area contributed by atoms with Crippen LogP contribution in [0.3, 0.4) is 0 Å². The van der Waals surface area contributed by atoms with E-state index in [0.29, 0.717) is 65.9 Å². The number of sulfone groups is 1. The van der Waals surface area contributed by atoms with Gasteiger partial charge in [-0.15, -0.1) is 0 Å². The summed E-state index contributed by atoms with van der Waals surface area (Å²) in [6, 6.07) is 4.71. The van der Waals surface area contributed by atoms with Gasteiger partial charge in [0, 0.05) is 29.9 Å². The molecule has 0 bridgehead atoms. The Morgan fingerprint density at radius 1 is 1.23 bits per heavy atom. The Morgan fingerprint density at radius 3 is 2.81 bits per heavy atom. The van der Waals surface area contributed by atoms with E-state index in [9.17, 15) is 12.8 Å². The molecule has 0 spiro atoms. The number of hydrogen-bond donors (Lipinski definition) is 1. The number of benzene rings is 1. The van der Waals surface area contributed by atoms with Crippen LogP contribution < -0.4 is 9.64 Å². The fourth-order valence-electron chi connectivity index (χ4n) is 4.04. The molecule has 1 N–H and O–H groups in total. The first-order valence-electron chi connectivity index (χ1n) is 10.0. The molecule has 1 saturated heterocycles. The Morgan fingerprint density at radius 2 is 2.03 bits per heavy atom. The van der Waals surface area contributed by atoms with Crippen LogP contribution in [0.1, 0.15) is 19.5 Å². The van der Waals surface area contributed by atoms with Crippen LogP contribution in [0.15, 0.2) is 24.4 Å². The molecule has 4 heterocycles. The molecule has 0 amide bonds. The van der Waals surface area contributed by atoms with Gasteiger partial charge >= 0.3 is 0 Å². The molecule has 0 radical (unpaired) electrons. The van der Waals surface area contributed by atoms with Crippen molar-refractivity contribution in [1.29, 1.82) is 0 Å². The van der Waals surface area contributed by atoms with Gasteiger partial charge < -0.3 is 19.4 Å². The lowest BCUT2D eigenvalue weighted by molar-refractivity contribution is 0.0691. The molecule has 0 saturated carbocycles. The predicted molar refractivity (Wildman–Crippen MR) is 115 cm³/mol. The molecule has 31 heavy (non-hydrogen) atoms. The van der Waals surface area contributed by atoms with Crippen molar-refractivity contribution < 1.29 is 22.3 Å². The van der Waals surface area contributed by atoms with E-state index in [2.05, 4.69) is 14.9 Å². The number of ether oxygens (including phenoxy) is 2. The van der Waals surface area contributed by atoms with E-state index in [0.717, 1.165) is 0 Å². The van der Waals surface area contributed by atoms with Crippen LogP contribution in [0.25, 0.3) is 22.3 Å². The summed E-state index contributed by atoms with van der Waals surface area (Å²) in [7, 11) is -3.54. The molecule has 3 aromatic rings. The zero-order valence-electron chi connectivity index (χ0n) is 17.5. The Bertz CT molecular complexity index is 1290. The second-order valence-electron chi connectivity index (χ2n) is 8.43. The average Bonchev–Trinajstić information content (AvgIpc) is 3.23. The quantitative estimate of drug-likeness (QED) is 0.661. The molecular formula is C21H23FN4O4S. The molecular weight excluding hydrogens is 423 g/mol. The maximum Gasteiger partial charge on any atom is 0.185 e. The van der Waals surface area contributed by atoms with Crippen molar-refractivity contribution >= 4 is 26.6 Å². The van der Waals surface area contributed by atoms with Gasteiger partial charge in [-0.2, -0.15) is 0 Å². The number of morpholine rings is 1. The van der Waals surface area contributed by atoms with Gasteiger partial charge in [-0.1, -0.05) is 0 Å². The topological polar surface area (TPSA) is 97.4 Å². The van der Waals surface area contributed by atoms with Gasteiger partial charge in [0.05, 0.1) is 24.8 Å². The number of fused-ring (bicyclic) bond motifs is 4. The fourth-order valence-corrected chi connectivity index (χ4v) is 4.53. The molecule has 8 nitrogen and oxygen atoms in total. The predicted octanol–water partition coefficient (Wildman–Crippen LogP) is 2.64. The lowest BCUT2D eigenvalue weighted by Crippen LogP contribution is -2.52. The molecule has 1 atom stereocenters. The summed E-state index contributed by atoms with van der Waals surface area (Å²) in [5.74, 6) is 0.870. The van der Waals surface area contributed by atoms with Crippen molar-refractivity contribution in [3.8, 4) is 17.1 Å². The Hall–Kier alpha value is -2.72. The largest absolute Gasteiger partial charge is 0.486 e. The lowest BCUT2D eigenvalue weighted by Gasteiger charge is -2.41. The molecule has 5 rings (SSSR count). The van der Waals surface area contributed by atoms with Crippen LogP contribution in [-0.2, 0) is 19.3 Å². The molecule has 2 aliphatic heterocycles. The standard InChI is InChI=1S/C21H23FN4O4S/c1-21(2,31(3,27)28)18-17-20(26-8-9-29-10-12(26)11-30-17)25-19(24-18)14-4-5-15(22)16-13(14)6-7-23-16/h4-7,12,23H,8-11H2,1-3H3. The van der Waals surface area contributed by atoms with E-state index in [1.54, 1.807) is 32.2 Å². The molecule has 2 aromatic heterocycles. The number of hydrogen-bond acceptors (Lipinski definition) is 7. The molecule has 164 valence electrons. The SMILES string of the molecule is CC(C)(c1nc(-c2ccc(F)c3[nH]ccc23)nc2c1OCC1COCCN21)S(C)(=O)=O. The van der Waals surface area contributed by atoms with E-state index >= 15 is 0 Å². The minimum Gasteiger partial charge on any atom is -0.486 e. The zero-order valence-corrected chi connectivity index (χ0v) is 18.3. The number of aromatic nitrogens is 3. The Balaban J connectivity index is 1.80. The lowest BCUT2D eigenvalue weighted by atomic mass is 10.0. The van der Waals surface area contributed by atoms with Crippen molar-refractivity contribution in [2.45, 2.75) is 24.6 Å². The molecule has 1 unspecified atom stereocenters. The highest BCUT2D eigenvalue weighted by Crippen LogP contribution is 2.44. The van der Waals surface area contributed by atoms with Crippen LogP contribution in [-0.4, -0.2) is 62.0 Å². The third-order valence-electron chi connectivity index (χ3n) is 6.18. The van der Waals surface area contributed by atoms with Gasteiger partial charge in [0.1, 0.15) is 22.9 Å². The summed E-state index contributed by atoms with van der Waals surface area (Å²) in [6.07, 6.45) is 2.84. The van der Waals surface area contributed by atoms with Crippen molar-refractivity contribution in [2.75, 3.05) is 37.5 Å². The van der Waals surface area contributed by atoms with Crippen molar-refractivity contribution in [3.05, 3.63) is 35.9 Å². The van der Waals surface area contributed by atoms with Crippen LogP contribution in [0.5, 0.6) is 5.75 Å². The van der Waals surface area contributed by atoms with Gasteiger partial charge in [-0.3, -0.25) is 0 Å². The number of aromatic amines is 1. The molecule has 10 heteroatoms. The third-order valence-corrected chi connectivity index (χ3v) is 8.23. The highest BCUT2D eigenvalue weighted by molar-refractivity contribution is 7.91. The number of nitrogens with one attached hydrogen (secondary N) is 1. The van der Waals surface area contributed by atoms with E-state index in [-0.39, 0.29) is 11.9 Å². The maximum atomic E-state index is 14.2. The Labute approximate surface area is 179 Å². The first kappa shape index (κ1) is 20.2. The first-order chi connectivity index (χ1) is 14.7.